The number of benzene rings is 1. The van der Waals surface area contributed by atoms with Crippen LogP contribution < -0.4 is 5.32 Å². The van der Waals surface area contributed by atoms with E-state index in [2.05, 4.69) is 17.2 Å². The number of rotatable bonds is 0. The number of morpholine rings is 1. The van der Waals surface area contributed by atoms with E-state index in [9.17, 15) is 9.59 Å². The largest absolute Gasteiger partial charge is 0.366 e. The van der Waals surface area contributed by atoms with Crippen LogP contribution in [-0.2, 0) is 9.53 Å². The Morgan fingerprint density at radius 2 is 2.12 bits per heavy atom. The van der Waals surface area contributed by atoms with E-state index in [1.807, 2.05) is 29.2 Å². The molecule has 6 nitrogen and oxygen atoms in total. The van der Waals surface area contributed by atoms with Gasteiger partial charge in [0.25, 0.3) is 0 Å². The minimum absolute atomic E-state index is 0.0177. The summed E-state index contributed by atoms with van der Waals surface area (Å²) < 4.78 is 5.53. The molecule has 0 radical (unpaired) electrons. The molecular formula is C19H20ClN3O3. The summed E-state index contributed by atoms with van der Waals surface area (Å²) in [5.41, 5.74) is 0.886. The van der Waals surface area contributed by atoms with Gasteiger partial charge in [-0.05, 0) is 24.6 Å². The van der Waals surface area contributed by atoms with Crippen LogP contribution in [0.1, 0.15) is 12.0 Å². The van der Waals surface area contributed by atoms with Gasteiger partial charge >= 0.3 is 6.03 Å². The van der Waals surface area contributed by atoms with Crippen molar-refractivity contribution in [3.63, 3.8) is 0 Å². The van der Waals surface area contributed by atoms with Crippen LogP contribution in [0.15, 0.2) is 24.3 Å². The third-order valence-corrected chi connectivity index (χ3v) is 5.23. The predicted octanol–water partition coefficient (Wildman–Crippen LogP) is 1.33. The van der Waals surface area contributed by atoms with Gasteiger partial charge in [0.15, 0.2) is 0 Å². The molecule has 7 heteroatoms. The highest BCUT2D eigenvalue weighted by Crippen LogP contribution is 2.22. The molecule has 26 heavy (non-hydrogen) atoms. The average molecular weight is 374 g/mol. The Morgan fingerprint density at radius 1 is 1.27 bits per heavy atom. The highest BCUT2D eigenvalue weighted by molar-refractivity contribution is 6.30. The normalized spacial score (nSPS) is 25.5. The number of likely N-dealkylation sites (tertiary alicyclic amines) is 2. The summed E-state index contributed by atoms with van der Waals surface area (Å²) in [6.45, 7) is 2.56. The molecule has 3 aliphatic rings. The number of piperidine rings is 1. The molecule has 0 saturated carbocycles. The molecule has 1 aromatic rings. The van der Waals surface area contributed by atoms with Crippen molar-refractivity contribution < 1.29 is 14.3 Å². The van der Waals surface area contributed by atoms with E-state index in [4.69, 9.17) is 16.3 Å². The number of carbonyl (C=O) groups excluding carboxylic acids is 2. The first-order valence-electron chi connectivity index (χ1n) is 8.80. The van der Waals surface area contributed by atoms with Gasteiger partial charge in [0.05, 0.1) is 18.1 Å². The summed E-state index contributed by atoms with van der Waals surface area (Å²) in [6, 6.07) is 7.36. The number of nitrogens with one attached hydrogen (secondary N) is 1. The van der Waals surface area contributed by atoms with Gasteiger partial charge in [0.1, 0.15) is 6.61 Å². The Bertz CT molecular complexity index is 782. The summed E-state index contributed by atoms with van der Waals surface area (Å²) in [4.78, 5) is 27.7. The fourth-order valence-electron chi connectivity index (χ4n) is 3.55. The summed E-state index contributed by atoms with van der Waals surface area (Å²) in [7, 11) is 0. The molecule has 3 saturated heterocycles. The molecule has 0 spiro atoms. The fourth-order valence-corrected chi connectivity index (χ4v) is 3.74. The maximum Gasteiger partial charge on any atom is 0.320 e. The number of hydrogen-bond acceptors (Lipinski definition) is 3. The molecule has 2 atom stereocenters. The van der Waals surface area contributed by atoms with Crippen LogP contribution in [0, 0.1) is 17.8 Å². The molecule has 0 unspecified atom stereocenters. The maximum atomic E-state index is 12.6. The van der Waals surface area contributed by atoms with Gasteiger partial charge in [-0.3, -0.25) is 4.79 Å². The number of urea groups is 1. The minimum atomic E-state index is -0.110. The quantitative estimate of drug-likeness (QED) is 0.698. The molecule has 1 aromatic carbocycles. The Hall–Kier alpha value is -2.23. The van der Waals surface area contributed by atoms with Crippen molar-refractivity contribution in [3.05, 3.63) is 34.9 Å². The van der Waals surface area contributed by atoms with Crippen LogP contribution in [0.25, 0.3) is 0 Å². The first-order valence-corrected chi connectivity index (χ1v) is 9.18. The molecule has 0 aromatic heterocycles. The second-order valence-corrected chi connectivity index (χ2v) is 7.36. The van der Waals surface area contributed by atoms with Crippen molar-refractivity contribution in [1.82, 2.24) is 15.1 Å². The highest BCUT2D eigenvalue weighted by Gasteiger charge is 2.39. The smallest absolute Gasteiger partial charge is 0.320 e. The zero-order valence-corrected chi connectivity index (χ0v) is 15.0. The molecule has 3 aliphatic heterocycles. The summed E-state index contributed by atoms with van der Waals surface area (Å²) in [5.74, 6) is 6.40. The van der Waals surface area contributed by atoms with E-state index in [0.717, 1.165) is 12.0 Å². The van der Waals surface area contributed by atoms with Crippen molar-refractivity contribution >= 4 is 23.5 Å². The number of fused-ring (bicyclic) bond motifs is 1. The van der Waals surface area contributed by atoms with E-state index in [1.54, 1.807) is 4.90 Å². The van der Waals surface area contributed by atoms with Gasteiger partial charge in [-0.25, -0.2) is 4.79 Å². The first-order chi connectivity index (χ1) is 12.6. The third kappa shape index (κ3) is 3.64. The SMILES string of the molecule is O=C1CO[C@H]2CCN(C(=O)N3CC(C#Cc4cccc(Cl)c4)C3)C[C@H]2N1. The number of nitrogens with zero attached hydrogens (tertiary/aromatic N) is 2. The molecule has 3 amide bonds. The zero-order chi connectivity index (χ0) is 18.1. The van der Waals surface area contributed by atoms with E-state index in [0.29, 0.717) is 31.2 Å². The predicted molar refractivity (Wildman–Crippen MR) is 96.6 cm³/mol. The summed E-state index contributed by atoms with van der Waals surface area (Å²) >= 11 is 5.96. The van der Waals surface area contributed by atoms with Gasteiger partial charge in [-0.1, -0.05) is 29.5 Å². The van der Waals surface area contributed by atoms with Crippen molar-refractivity contribution in [3.8, 4) is 11.8 Å². The molecule has 4 rings (SSSR count). The minimum Gasteiger partial charge on any atom is -0.366 e. The lowest BCUT2D eigenvalue weighted by Crippen LogP contribution is -2.64. The van der Waals surface area contributed by atoms with Crippen LogP contribution in [0.5, 0.6) is 0 Å². The van der Waals surface area contributed by atoms with Gasteiger partial charge in [0, 0.05) is 36.8 Å². The number of carbonyl (C=O) groups is 2. The second-order valence-electron chi connectivity index (χ2n) is 6.92. The maximum absolute atomic E-state index is 12.6. The number of hydrogen-bond donors (Lipinski definition) is 1. The van der Waals surface area contributed by atoms with Gasteiger partial charge < -0.3 is 19.9 Å². The van der Waals surface area contributed by atoms with Crippen LogP contribution in [0.3, 0.4) is 0 Å². The zero-order valence-electron chi connectivity index (χ0n) is 14.3. The number of halogens is 1. The Morgan fingerprint density at radius 3 is 2.92 bits per heavy atom. The fraction of sp³-hybridized carbons (Fsp3) is 0.474. The molecule has 136 valence electrons. The third-order valence-electron chi connectivity index (χ3n) is 4.99. The molecule has 0 aliphatic carbocycles. The van der Waals surface area contributed by atoms with E-state index in [-0.39, 0.29) is 36.6 Å². The number of amides is 3. The van der Waals surface area contributed by atoms with Gasteiger partial charge in [-0.15, -0.1) is 0 Å². The van der Waals surface area contributed by atoms with Crippen LogP contribution in [-0.4, -0.2) is 66.7 Å². The van der Waals surface area contributed by atoms with Gasteiger partial charge in [-0.2, -0.15) is 0 Å². The molecular weight excluding hydrogens is 354 g/mol. The first kappa shape index (κ1) is 17.2. The molecule has 3 fully saturated rings. The van der Waals surface area contributed by atoms with E-state index >= 15 is 0 Å². The monoisotopic (exact) mass is 373 g/mol. The molecule has 1 N–H and O–H groups in total. The summed E-state index contributed by atoms with van der Waals surface area (Å²) in [5, 5.41) is 3.59. The second kappa shape index (κ2) is 7.18. The van der Waals surface area contributed by atoms with Crippen LogP contribution in [0.2, 0.25) is 5.02 Å². The standard InChI is InChI=1S/C19H20ClN3O3/c20-15-3-1-2-13(8-15)4-5-14-9-23(10-14)19(25)22-7-6-17-16(11-22)21-18(24)12-26-17/h1-3,8,14,16-17H,6-7,9-12H2,(H,21,24)/t16-,17+/m1/s1. The Balaban J connectivity index is 1.29. The number of ether oxygens (including phenoxy) is 1. The van der Waals surface area contributed by atoms with E-state index < -0.39 is 0 Å². The Labute approximate surface area is 157 Å². The van der Waals surface area contributed by atoms with E-state index in [1.165, 1.54) is 0 Å². The lowest BCUT2D eigenvalue weighted by Gasteiger charge is -2.45. The summed E-state index contributed by atoms with van der Waals surface area (Å²) in [6.07, 6.45) is 0.771. The molecule has 3 heterocycles. The van der Waals surface area contributed by atoms with Crippen LogP contribution in [0.4, 0.5) is 4.79 Å². The lowest BCUT2D eigenvalue weighted by molar-refractivity contribution is -0.139. The van der Waals surface area contributed by atoms with Crippen molar-refractivity contribution in [2.75, 3.05) is 32.8 Å². The van der Waals surface area contributed by atoms with Crippen LogP contribution >= 0.6 is 11.6 Å². The molecule has 0 bridgehead atoms. The van der Waals surface area contributed by atoms with Crippen molar-refractivity contribution in [1.29, 1.82) is 0 Å². The van der Waals surface area contributed by atoms with Gasteiger partial charge in [0.2, 0.25) is 5.91 Å². The van der Waals surface area contributed by atoms with Crippen molar-refractivity contribution in [2.24, 2.45) is 5.92 Å². The Kier molecular flexibility index (Phi) is 4.75. The highest BCUT2D eigenvalue weighted by atomic mass is 35.5. The topological polar surface area (TPSA) is 61.9 Å². The average Bonchev–Trinajstić information content (AvgIpc) is 2.59. The van der Waals surface area contributed by atoms with Crippen molar-refractivity contribution in [2.45, 2.75) is 18.6 Å². The lowest BCUT2D eigenvalue weighted by atomic mass is 9.99.